The van der Waals surface area contributed by atoms with Gasteiger partial charge in [-0.1, -0.05) is 6.07 Å². The van der Waals surface area contributed by atoms with Crippen LogP contribution in [0.3, 0.4) is 0 Å². The number of piperidine rings is 1. The van der Waals surface area contributed by atoms with Crippen molar-refractivity contribution in [1.82, 2.24) is 24.2 Å². The summed E-state index contributed by atoms with van der Waals surface area (Å²) in [6, 6.07) is 5.35. The van der Waals surface area contributed by atoms with E-state index in [0.29, 0.717) is 22.8 Å². The van der Waals surface area contributed by atoms with Gasteiger partial charge in [0.15, 0.2) is 5.82 Å². The van der Waals surface area contributed by atoms with Crippen LogP contribution in [0.25, 0.3) is 28.0 Å². The zero-order chi connectivity index (χ0) is 23.4. The Balaban J connectivity index is 1.94. The molecule has 0 bridgehead atoms. The second kappa shape index (κ2) is 7.83. The molecule has 0 atom stereocenters. The molecule has 7 heteroatoms. The summed E-state index contributed by atoms with van der Waals surface area (Å²) in [6.07, 6.45) is 4.80. The number of nitrogens with zero attached hydrogens (tertiary/aromatic N) is 5. The maximum atomic E-state index is 13.9. The maximum absolute atomic E-state index is 13.9. The molecule has 3 aliphatic heterocycles. The van der Waals surface area contributed by atoms with Gasteiger partial charge in [0, 0.05) is 30.4 Å². The molecule has 33 heavy (non-hydrogen) atoms. The van der Waals surface area contributed by atoms with E-state index in [1.165, 1.54) is 4.68 Å². The quantitative estimate of drug-likeness (QED) is 0.428. The Hall–Kier alpha value is -3.48. The van der Waals surface area contributed by atoms with E-state index in [-0.39, 0.29) is 11.6 Å². The number of rotatable bonds is 1. The molecule has 0 aliphatic carbocycles. The SMILES string of the molecule is Cc1c(C)c(C)c2c(c3nn(-c4ccccn4)c(=O)c-3c(C)n2C(=O)N2CCCCC2)c1C. The number of pyridine rings is 2. The molecule has 0 saturated carbocycles. The summed E-state index contributed by atoms with van der Waals surface area (Å²) in [5, 5.41) is 5.63. The molecule has 5 rings (SSSR count). The Morgan fingerprint density at radius 3 is 2.27 bits per heavy atom. The Morgan fingerprint density at radius 2 is 1.61 bits per heavy atom. The lowest BCUT2D eigenvalue weighted by Gasteiger charge is -2.30. The van der Waals surface area contributed by atoms with Crippen LogP contribution in [-0.2, 0) is 0 Å². The fraction of sp³-hybridized carbons (Fsp3) is 0.385. The number of likely N-dealkylation sites (tertiary alicyclic amines) is 1. The Bertz CT molecular complexity index is 1430. The van der Waals surface area contributed by atoms with Gasteiger partial charge in [0.25, 0.3) is 5.56 Å². The average molecular weight is 444 g/mol. The van der Waals surface area contributed by atoms with Gasteiger partial charge in [-0.15, -0.1) is 0 Å². The van der Waals surface area contributed by atoms with Crippen molar-refractivity contribution in [1.29, 1.82) is 0 Å². The minimum atomic E-state index is -0.251. The molecule has 4 heterocycles. The smallest absolute Gasteiger partial charge is 0.324 e. The van der Waals surface area contributed by atoms with Crippen molar-refractivity contribution in [3.63, 3.8) is 0 Å². The van der Waals surface area contributed by atoms with Crippen LogP contribution in [0.1, 0.15) is 47.2 Å². The fourth-order valence-electron chi connectivity index (χ4n) is 5.15. The minimum absolute atomic E-state index is 0.0603. The van der Waals surface area contributed by atoms with Crippen LogP contribution in [0.4, 0.5) is 4.79 Å². The number of aromatic nitrogens is 4. The summed E-state index contributed by atoms with van der Waals surface area (Å²) in [7, 11) is 0. The third-order valence-electron chi connectivity index (χ3n) is 7.34. The highest BCUT2D eigenvalue weighted by Crippen LogP contribution is 2.38. The molecule has 0 radical (unpaired) electrons. The molecule has 0 unspecified atom stereocenters. The predicted octanol–water partition coefficient (Wildman–Crippen LogP) is 4.68. The van der Waals surface area contributed by atoms with E-state index in [9.17, 15) is 9.59 Å². The number of benzene rings is 1. The first-order chi connectivity index (χ1) is 15.8. The van der Waals surface area contributed by atoms with Crippen LogP contribution in [0, 0.1) is 34.6 Å². The largest absolute Gasteiger partial charge is 0.328 e. The molecular weight excluding hydrogens is 414 g/mol. The van der Waals surface area contributed by atoms with Gasteiger partial charge >= 0.3 is 6.03 Å². The van der Waals surface area contributed by atoms with Gasteiger partial charge in [0.1, 0.15) is 5.69 Å². The van der Waals surface area contributed by atoms with Crippen LogP contribution in [0.5, 0.6) is 0 Å². The highest BCUT2D eigenvalue weighted by atomic mass is 16.2. The van der Waals surface area contributed by atoms with Gasteiger partial charge < -0.3 is 4.90 Å². The summed E-state index contributed by atoms with van der Waals surface area (Å²) >= 11 is 0. The highest BCUT2D eigenvalue weighted by molar-refractivity contribution is 6.04. The number of amides is 1. The van der Waals surface area contributed by atoms with Gasteiger partial charge in [0.05, 0.1) is 11.1 Å². The molecule has 1 fully saturated rings. The van der Waals surface area contributed by atoms with Gasteiger partial charge in [-0.05, 0) is 88.3 Å². The van der Waals surface area contributed by atoms with Crippen molar-refractivity contribution < 1.29 is 4.79 Å². The van der Waals surface area contributed by atoms with Crippen LogP contribution in [0.15, 0.2) is 29.2 Å². The maximum Gasteiger partial charge on any atom is 0.328 e. The minimum Gasteiger partial charge on any atom is -0.324 e. The monoisotopic (exact) mass is 443 g/mol. The lowest BCUT2D eigenvalue weighted by atomic mass is 9.91. The molecule has 170 valence electrons. The van der Waals surface area contributed by atoms with Crippen molar-refractivity contribution in [3.05, 3.63) is 62.7 Å². The van der Waals surface area contributed by atoms with E-state index >= 15 is 0 Å². The van der Waals surface area contributed by atoms with E-state index in [0.717, 1.165) is 65.5 Å². The third-order valence-corrected chi connectivity index (χ3v) is 7.34. The fourth-order valence-corrected chi connectivity index (χ4v) is 5.15. The number of aryl methyl sites for hydroxylation is 2. The van der Waals surface area contributed by atoms with Gasteiger partial charge in [0.2, 0.25) is 0 Å². The number of fused-ring (bicyclic) bond motifs is 3. The molecule has 1 amide bonds. The first-order valence-electron chi connectivity index (χ1n) is 11.6. The van der Waals surface area contributed by atoms with Crippen LogP contribution in [-0.4, -0.2) is 43.4 Å². The summed E-state index contributed by atoms with van der Waals surface area (Å²) in [5.41, 5.74) is 6.74. The highest BCUT2D eigenvalue weighted by Gasteiger charge is 2.31. The summed E-state index contributed by atoms with van der Waals surface area (Å²) in [5.74, 6) is 0.471. The lowest BCUT2D eigenvalue weighted by Crippen LogP contribution is -2.40. The second-order valence-electron chi connectivity index (χ2n) is 9.10. The number of carbonyl (C=O) groups excluding carboxylic acids is 1. The van der Waals surface area contributed by atoms with Crippen molar-refractivity contribution >= 4 is 16.9 Å². The average Bonchev–Trinajstić information content (AvgIpc) is 3.19. The lowest BCUT2D eigenvalue weighted by molar-refractivity contribution is 0.188. The van der Waals surface area contributed by atoms with E-state index in [1.54, 1.807) is 16.8 Å². The first kappa shape index (κ1) is 21.4. The number of carbonyl (C=O) groups is 1. The van der Waals surface area contributed by atoms with Gasteiger partial charge in [-0.3, -0.25) is 9.36 Å². The molecular formula is C26H29N5O2. The molecule has 0 spiro atoms. The van der Waals surface area contributed by atoms with E-state index in [1.807, 2.05) is 24.0 Å². The number of hydrogen-bond donors (Lipinski definition) is 0. The third kappa shape index (κ3) is 3.09. The van der Waals surface area contributed by atoms with Crippen LogP contribution >= 0.6 is 0 Å². The summed E-state index contributed by atoms with van der Waals surface area (Å²) < 4.78 is 3.13. The Kier molecular flexibility index (Phi) is 5.07. The first-order valence-corrected chi connectivity index (χ1v) is 11.6. The topological polar surface area (TPSA) is 73.0 Å². The Labute approximate surface area is 193 Å². The molecule has 1 aromatic carbocycles. The van der Waals surface area contributed by atoms with Gasteiger partial charge in [-0.25, -0.2) is 9.78 Å². The van der Waals surface area contributed by atoms with Crippen LogP contribution < -0.4 is 5.56 Å². The normalized spacial score (nSPS) is 14.4. The van der Waals surface area contributed by atoms with E-state index in [4.69, 9.17) is 5.10 Å². The molecule has 1 aromatic heterocycles. The van der Waals surface area contributed by atoms with Crippen molar-refractivity contribution in [2.24, 2.45) is 0 Å². The molecule has 7 nitrogen and oxygen atoms in total. The number of hydrogen-bond acceptors (Lipinski definition) is 4. The van der Waals surface area contributed by atoms with Crippen LogP contribution in [0.2, 0.25) is 0 Å². The zero-order valence-electron chi connectivity index (χ0n) is 19.9. The predicted molar refractivity (Wildman–Crippen MR) is 130 cm³/mol. The van der Waals surface area contributed by atoms with Crippen molar-refractivity contribution in [3.8, 4) is 17.1 Å². The second-order valence-corrected chi connectivity index (χ2v) is 9.10. The molecule has 2 aromatic rings. The van der Waals surface area contributed by atoms with E-state index in [2.05, 4.69) is 32.7 Å². The Morgan fingerprint density at radius 1 is 0.909 bits per heavy atom. The molecule has 0 N–H and O–H groups in total. The van der Waals surface area contributed by atoms with Gasteiger partial charge in [-0.2, -0.15) is 9.78 Å². The summed E-state index contributed by atoms with van der Waals surface area (Å²) in [6.45, 7) is 11.6. The summed E-state index contributed by atoms with van der Waals surface area (Å²) in [4.78, 5) is 33.7. The standard InChI is InChI=1S/C26H29N5O2/c1-15-16(2)18(4)24-21(17(15)3)23-22(25(32)31(28-23)20-11-7-8-12-27-20)19(5)30(24)26(33)29-13-9-6-10-14-29/h7-8,11-12H,6,9-10,13-14H2,1-5H3. The molecule has 3 aliphatic rings. The van der Waals surface area contributed by atoms with E-state index < -0.39 is 0 Å². The zero-order valence-corrected chi connectivity index (χ0v) is 19.9. The van der Waals surface area contributed by atoms with Crippen molar-refractivity contribution in [2.45, 2.75) is 53.9 Å². The van der Waals surface area contributed by atoms with Crippen molar-refractivity contribution in [2.75, 3.05) is 13.1 Å². The molecule has 1 saturated heterocycles.